The molecule has 1 aliphatic rings. The highest BCUT2D eigenvalue weighted by Crippen LogP contribution is 2.16. The van der Waals surface area contributed by atoms with Gasteiger partial charge in [-0.05, 0) is 29.3 Å². The second kappa shape index (κ2) is 5.36. The van der Waals surface area contributed by atoms with E-state index in [0.717, 1.165) is 10.8 Å². The average Bonchev–Trinajstić information content (AvgIpc) is 2.49. The van der Waals surface area contributed by atoms with Crippen LogP contribution >= 0.6 is 0 Å². The van der Waals surface area contributed by atoms with E-state index < -0.39 is 11.9 Å². The predicted molar refractivity (Wildman–Crippen MR) is 77.6 cm³/mol. The molecule has 2 N–H and O–H groups in total. The van der Waals surface area contributed by atoms with Crippen LogP contribution in [-0.4, -0.2) is 23.8 Å². The quantitative estimate of drug-likeness (QED) is 0.817. The normalized spacial score (nSPS) is 18.4. The minimum atomic E-state index is -0.651. The fourth-order valence-electron chi connectivity index (χ4n) is 2.40. The first-order valence-corrected chi connectivity index (χ1v) is 6.77. The van der Waals surface area contributed by atoms with Gasteiger partial charge in [0.25, 0.3) is 5.91 Å². The maximum Gasteiger partial charge on any atom is 0.251 e. The van der Waals surface area contributed by atoms with Gasteiger partial charge in [0.1, 0.15) is 6.04 Å². The number of rotatable bonds is 2. The maximum absolute atomic E-state index is 12.2. The fourth-order valence-corrected chi connectivity index (χ4v) is 2.40. The summed E-state index contributed by atoms with van der Waals surface area (Å²) in [7, 11) is 0. The first-order valence-electron chi connectivity index (χ1n) is 6.77. The van der Waals surface area contributed by atoms with Gasteiger partial charge in [-0.2, -0.15) is 0 Å². The second-order valence-electron chi connectivity index (χ2n) is 5.04. The molecule has 1 fully saturated rings. The zero-order valence-corrected chi connectivity index (χ0v) is 11.3. The molecule has 5 nitrogen and oxygen atoms in total. The largest absolute Gasteiger partial charge is 0.340 e. The summed E-state index contributed by atoms with van der Waals surface area (Å²) in [6.45, 7) is 0. The first-order chi connectivity index (χ1) is 10.1. The SMILES string of the molecule is O=C1CC[C@H](NC(=O)c2ccc3ccccc3c2)C(=O)N1. The fraction of sp³-hybridized carbons (Fsp3) is 0.188. The van der Waals surface area contributed by atoms with Crippen LogP contribution in [0.1, 0.15) is 23.2 Å². The van der Waals surface area contributed by atoms with Crippen LogP contribution in [0.15, 0.2) is 42.5 Å². The highest BCUT2D eigenvalue weighted by Gasteiger charge is 2.27. The summed E-state index contributed by atoms with van der Waals surface area (Å²) in [4.78, 5) is 34.9. The van der Waals surface area contributed by atoms with Crippen molar-refractivity contribution >= 4 is 28.5 Å². The van der Waals surface area contributed by atoms with Crippen LogP contribution < -0.4 is 10.6 Å². The number of carbonyl (C=O) groups excluding carboxylic acids is 3. The summed E-state index contributed by atoms with van der Waals surface area (Å²) in [5, 5.41) is 6.91. The van der Waals surface area contributed by atoms with E-state index in [1.807, 2.05) is 30.3 Å². The highest BCUT2D eigenvalue weighted by molar-refractivity contribution is 6.04. The van der Waals surface area contributed by atoms with Crippen LogP contribution in [0.25, 0.3) is 10.8 Å². The van der Waals surface area contributed by atoms with Gasteiger partial charge < -0.3 is 5.32 Å². The third kappa shape index (κ3) is 2.76. The molecule has 0 unspecified atom stereocenters. The van der Waals surface area contributed by atoms with Gasteiger partial charge >= 0.3 is 0 Å². The van der Waals surface area contributed by atoms with Gasteiger partial charge in [-0.15, -0.1) is 0 Å². The van der Waals surface area contributed by atoms with Crippen LogP contribution in [0.4, 0.5) is 0 Å². The van der Waals surface area contributed by atoms with Crippen LogP contribution in [0.5, 0.6) is 0 Å². The van der Waals surface area contributed by atoms with Crippen molar-refractivity contribution in [3.8, 4) is 0 Å². The Labute approximate surface area is 121 Å². The Hall–Kier alpha value is -2.69. The van der Waals surface area contributed by atoms with E-state index in [1.54, 1.807) is 12.1 Å². The number of hydrogen-bond acceptors (Lipinski definition) is 3. The molecule has 106 valence electrons. The molecule has 1 aliphatic heterocycles. The van der Waals surface area contributed by atoms with Gasteiger partial charge in [-0.1, -0.05) is 30.3 Å². The summed E-state index contributed by atoms with van der Waals surface area (Å²) in [6.07, 6.45) is 0.582. The average molecular weight is 282 g/mol. The van der Waals surface area contributed by atoms with Gasteiger partial charge in [-0.25, -0.2) is 0 Å². The molecule has 1 saturated heterocycles. The number of amides is 3. The van der Waals surface area contributed by atoms with Crippen LogP contribution in [0.3, 0.4) is 0 Å². The van der Waals surface area contributed by atoms with Crippen molar-refractivity contribution < 1.29 is 14.4 Å². The third-order valence-corrected chi connectivity index (χ3v) is 3.56. The van der Waals surface area contributed by atoms with E-state index in [2.05, 4.69) is 10.6 Å². The summed E-state index contributed by atoms with van der Waals surface area (Å²) in [5.41, 5.74) is 0.499. The van der Waals surface area contributed by atoms with Gasteiger partial charge in [0, 0.05) is 12.0 Å². The molecule has 1 atom stereocenters. The van der Waals surface area contributed by atoms with Crippen LogP contribution in [-0.2, 0) is 9.59 Å². The molecule has 3 rings (SSSR count). The molecular formula is C16H14N2O3. The Morgan fingerprint density at radius 1 is 1.10 bits per heavy atom. The Morgan fingerprint density at radius 3 is 2.62 bits per heavy atom. The summed E-state index contributed by atoms with van der Waals surface area (Å²) in [6, 6.07) is 12.5. The number of nitrogens with one attached hydrogen (secondary N) is 2. The van der Waals surface area contributed by atoms with E-state index in [4.69, 9.17) is 0 Å². The molecule has 3 amide bonds. The molecule has 0 aliphatic carbocycles. The number of carbonyl (C=O) groups is 3. The number of fused-ring (bicyclic) bond motifs is 1. The Bertz CT molecular complexity index is 739. The van der Waals surface area contributed by atoms with Crippen molar-refractivity contribution in [2.75, 3.05) is 0 Å². The van der Waals surface area contributed by atoms with Crippen molar-refractivity contribution in [3.05, 3.63) is 48.0 Å². The van der Waals surface area contributed by atoms with E-state index in [0.29, 0.717) is 12.0 Å². The van der Waals surface area contributed by atoms with E-state index in [9.17, 15) is 14.4 Å². The number of benzene rings is 2. The van der Waals surface area contributed by atoms with Crippen LogP contribution in [0.2, 0.25) is 0 Å². The number of imide groups is 1. The van der Waals surface area contributed by atoms with Gasteiger partial charge in [-0.3, -0.25) is 19.7 Å². The molecule has 0 saturated carbocycles. The Balaban J connectivity index is 1.77. The van der Waals surface area contributed by atoms with Crippen molar-refractivity contribution in [1.29, 1.82) is 0 Å². The molecule has 21 heavy (non-hydrogen) atoms. The summed E-state index contributed by atoms with van der Waals surface area (Å²) in [5.74, 6) is -1.05. The first kappa shape index (κ1) is 13.3. The lowest BCUT2D eigenvalue weighted by Gasteiger charge is -2.21. The lowest BCUT2D eigenvalue weighted by Crippen LogP contribution is -2.52. The van der Waals surface area contributed by atoms with E-state index in [-0.39, 0.29) is 18.2 Å². The number of piperidine rings is 1. The minimum absolute atomic E-state index is 0.244. The Kier molecular flexibility index (Phi) is 3.39. The topological polar surface area (TPSA) is 75.3 Å². The lowest BCUT2D eigenvalue weighted by atomic mass is 10.0. The Morgan fingerprint density at radius 2 is 1.86 bits per heavy atom. The van der Waals surface area contributed by atoms with Crippen molar-refractivity contribution in [2.24, 2.45) is 0 Å². The third-order valence-electron chi connectivity index (χ3n) is 3.56. The lowest BCUT2D eigenvalue weighted by molar-refractivity contribution is -0.134. The van der Waals surface area contributed by atoms with Crippen molar-refractivity contribution in [1.82, 2.24) is 10.6 Å². The van der Waals surface area contributed by atoms with Crippen molar-refractivity contribution in [3.63, 3.8) is 0 Å². The molecule has 0 spiro atoms. The summed E-state index contributed by atoms with van der Waals surface area (Å²) >= 11 is 0. The smallest absolute Gasteiger partial charge is 0.251 e. The van der Waals surface area contributed by atoms with Crippen LogP contribution in [0, 0.1) is 0 Å². The standard InChI is InChI=1S/C16H14N2O3/c19-14-8-7-13(16(21)18-14)17-15(20)12-6-5-10-3-1-2-4-11(10)9-12/h1-6,9,13H,7-8H2,(H,17,20)(H,18,19,21)/t13-/m0/s1. The van der Waals surface area contributed by atoms with E-state index in [1.165, 1.54) is 0 Å². The van der Waals surface area contributed by atoms with Gasteiger partial charge in [0.15, 0.2) is 0 Å². The molecule has 0 bridgehead atoms. The van der Waals surface area contributed by atoms with Gasteiger partial charge in [0.2, 0.25) is 11.8 Å². The van der Waals surface area contributed by atoms with E-state index >= 15 is 0 Å². The number of hydrogen-bond donors (Lipinski definition) is 2. The maximum atomic E-state index is 12.2. The second-order valence-corrected chi connectivity index (χ2v) is 5.04. The molecule has 0 radical (unpaired) electrons. The van der Waals surface area contributed by atoms with Crippen molar-refractivity contribution in [2.45, 2.75) is 18.9 Å². The summed E-state index contributed by atoms with van der Waals surface area (Å²) < 4.78 is 0. The molecular weight excluding hydrogens is 268 g/mol. The molecule has 1 heterocycles. The minimum Gasteiger partial charge on any atom is -0.340 e. The monoisotopic (exact) mass is 282 g/mol. The zero-order valence-electron chi connectivity index (χ0n) is 11.3. The molecule has 5 heteroatoms. The highest BCUT2D eigenvalue weighted by atomic mass is 16.2. The predicted octanol–water partition coefficient (Wildman–Crippen LogP) is 1.37. The molecule has 2 aromatic rings. The molecule has 0 aromatic heterocycles. The zero-order chi connectivity index (χ0) is 14.8. The van der Waals surface area contributed by atoms with Gasteiger partial charge in [0.05, 0.1) is 0 Å². The molecule has 2 aromatic carbocycles.